The lowest BCUT2D eigenvalue weighted by molar-refractivity contribution is 0.492. The van der Waals surface area contributed by atoms with E-state index in [1.807, 2.05) is 35.2 Å². The summed E-state index contributed by atoms with van der Waals surface area (Å²) >= 11 is 0. The van der Waals surface area contributed by atoms with Crippen LogP contribution in [-0.4, -0.2) is 27.4 Å². The minimum Gasteiger partial charge on any atom is -0.357 e. The first-order valence-corrected chi connectivity index (χ1v) is 6.69. The molecule has 0 saturated carbocycles. The van der Waals surface area contributed by atoms with Crippen molar-refractivity contribution in [2.45, 2.75) is 0 Å². The number of anilines is 1. The van der Waals surface area contributed by atoms with Gasteiger partial charge in [0, 0.05) is 11.9 Å². The van der Waals surface area contributed by atoms with Crippen LogP contribution in [0, 0.1) is 0 Å². The quantitative estimate of drug-likeness (QED) is 0.832. The van der Waals surface area contributed by atoms with Gasteiger partial charge in [-0.1, -0.05) is 0 Å². The molecule has 92 valence electrons. The van der Waals surface area contributed by atoms with Gasteiger partial charge >= 0.3 is 0 Å². The first-order chi connectivity index (χ1) is 8.86. The fourth-order valence-corrected chi connectivity index (χ4v) is 2.55. The van der Waals surface area contributed by atoms with Crippen molar-refractivity contribution in [1.29, 1.82) is 0 Å². The van der Waals surface area contributed by atoms with Crippen molar-refractivity contribution in [2.24, 2.45) is 0 Å². The average Bonchev–Trinajstić information content (AvgIpc) is 2.89. The third-order valence-electron chi connectivity index (χ3n) is 2.56. The SMILES string of the molecule is COS1=CC=C(Nc2ncnc3cc[nH]c23)C=C1. The molecule has 0 aromatic carbocycles. The summed E-state index contributed by atoms with van der Waals surface area (Å²) in [6.07, 6.45) is 7.38. The molecule has 0 bridgehead atoms. The van der Waals surface area contributed by atoms with Crippen LogP contribution >= 0.6 is 10.8 Å². The lowest BCUT2D eigenvalue weighted by Gasteiger charge is -2.10. The third-order valence-corrected chi connectivity index (χ3v) is 3.76. The second-order valence-electron chi connectivity index (χ2n) is 3.64. The number of hydrogen-bond acceptors (Lipinski definition) is 4. The number of H-pyrrole nitrogens is 1. The molecule has 1 aliphatic rings. The van der Waals surface area contributed by atoms with E-state index in [1.165, 1.54) is 0 Å². The zero-order chi connectivity index (χ0) is 12.4. The van der Waals surface area contributed by atoms with E-state index < -0.39 is 0 Å². The molecule has 0 aliphatic carbocycles. The molecule has 5 nitrogen and oxygen atoms in total. The van der Waals surface area contributed by atoms with Crippen LogP contribution in [0.4, 0.5) is 5.82 Å². The molecule has 2 N–H and O–H groups in total. The molecule has 3 heterocycles. The minimum atomic E-state index is -0.212. The molecule has 0 saturated heterocycles. The molecule has 1 aliphatic heterocycles. The fraction of sp³-hybridized carbons (Fsp3) is 0.0833. The number of allylic oxidation sites excluding steroid dienone is 2. The monoisotopic (exact) mass is 260 g/mol. The van der Waals surface area contributed by atoms with Crippen molar-refractivity contribution >= 4 is 33.0 Å². The molecule has 6 heteroatoms. The first kappa shape index (κ1) is 11.2. The maximum absolute atomic E-state index is 5.23. The van der Waals surface area contributed by atoms with E-state index in [0.717, 1.165) is 22.5 Å². The van der Waals surface area contributed by atoms with Crippen LogP contribution in [0.2, 0.25) is 0 Å². The molecule has 1 atom stereocenters. The fourth-order valence-electron chi connectivity index (χ4n) is 1.68. The Hall–Kier alpha value is -1.92. The topological polar surface area (TPSA) is 62.8 Å². The Kier molecular flexibility index (Phi) is 2.95. The van der Waals surface area contributed by atoms with Crippen LogP contribution in [0.25, 0.3) is 11.0 Å². The molecule has 0 radical (unpaired) electrons. The summed E-state index contributed by atoms with van der Waals surface area (Å²) in [6, 6.07) is 1.92. The lowest BCUT2D eigenvalue weighted by Crippen LogP contribution is -2.02. The van der Waals surface area contributed by atoms with Gasteiger partial charge < -0.3 is 14.5 Å². The van der Waals surface area contributed by atoms with E-state index in [1.54, 1.807) is 13.4 Å². The summed E-state index contributed by atoms with van der Waals surface area (Å²) in [4.78, 5) is 11.5. The van der Waals surface area contributed by atoms with Gasteiger partial charge in [-0.05, 0) is 39.8 Å². The van der Waals surface area contributed by atoms with Gasteiger partial charge in [0.2, 0.25) is 0 Å². The summed E-state index contributed by atoms with van der Waals surface area (Å²) in [5.41, 5.74) is 2.78. The van der Waals surface area contributed by atoms with E-state index in [0.29, 0.717) is 0 Å². The number of hydrogen-bond donors (Lipinski definition) is 2. The van der Waals surface area contributed by atoms with Gasteiger partial charge in [-0.2, -0.15) is 0 Å². The van der Waals surface area contributed by atoms with Crippen molar-refractivity contribution in [3.05, 3.63) is 41.8 Å². The van der Waals surface area contributed by atoms with E-state index in [4.69, 9.17) is 4.18 Å². The van der Waals surface area contributed by atoms with Crippen LogP contribution in [0.15, 0.2) is 41.8 Å². The van der Waals surface area contributed by atoms with E-state index in [2.05, 4.69) is 20.3 Å². The van der Waals surface area contributed by atoms with Crippen LogP contribution in [-0.2, 0) is 4.18 Å². The number of nitrogens with zero attached hydrogens (tertiary/aromatic N) is 2. The number of aromatic amines is 1. The molecule has 0 fully saturated rings. The molecule has 2 aromatic heterocycles. The molecule has 2 aromatic rings. The summed E-state index contributed by atoms with van der Waals surface area (Å²) < 4.78 is 5.23. The van der Waals surface area contributed by atoms with Crippen LogP contribution in [0.3, 0.4) is 0 Å². The van der Waals surface area contributed by atoms with Crippen LogP contribution in [0.5, 0.6) is 0 Å². The number of nitrogens with one attached hydrogen (secondary N) is 2. The largest absolute Gasteiger partial charge is 0.357 e. The van der Waals surface area contributed by atoms with Crippen molar-refractivity contribution in [2.75, 3.05) is 12.4 Å². The molecule has 3 rings (SSSR count). The average molecular weight is 260 g/mol. The van der Waals surface area contributed by atoms with Gasteiger partial charge in [0.1, 0.15) is 11.8 Å². The van der Waals surface area contributed by atoms with Gasteiger partial charge in [-0.25, -0.2) is 9.97 Å². The van der Waals surface area contributed by atoms with Gasteiger partial charge in [-0.3, -0.25) is 0 Å². The Morgan fingerprint density at radius 2 is 2.33 bits per heavy atom. The van der Waals surface area contributed by atoms with Crippen molar-refractivity contribution in [3.63, 3.8) is 0 Å². The van der Waals surface area contributed by atoms with Gasteiger partial charge in [-0.15, -0.1) is 0 Å². The van der Waals surface area contributed by atoms with Crippen LogP contribution < -0.4 is 5.32 Å². The first-order valence-electron chi connectivity index (χ1n) is 5.41. The number of aromatic nitrogens is 3. The zero-order valence-corrected chi connectivity index (χ0v) is 10.6. The second kappa shape index (κ2) is 4.75. The zero-order valence-electron chi connectivity index (χ0n) is 9.75. The van der Waals surface area contributed by atoms with E-state index in [9.17, 15) is 0 Å². The Labute approximate surface area is 107 Å². The van der Waals surface area contributed by atoms with Crippen molar-refractivity contribution in [3.8, 4) is 0 Å². The standard InChI is InChI=1S/C12H12N4OS/c1-17-18-6-3-9(4-7-18)16-12-11-10(2-5-13-11)14-8-15-12/h2-8,13H,1H3,(H,14,15,16). The summed E-state index contributed by atoms with van der Waals surface area (Å²) in [5, 5.41) is 7.28. The Balaban J connectivity index is 1.90. The van der Waals surface area contributed by atoms with Crippen molar-refractivity contribution in [1.82, 2.24) is 15.0 Å². The highest BCUT2D eigenvalue weighted by Gasteiger charge is 2.05. The van der Waals surface area contributed by atoms with Crippen molar-refractivity contribution < 1.29 is 4.18 Å². The van der Waals surface area contributed by atoms with Gasteiger partial charge in [0.25, 0.3) is 0 Å². The highest BCUT2D eigenvalue weighted by molar-refractivity contribution is 8.13. The molecule has 0 amide bonds. The number of fused-ring (bicyclic) bond motifs is 1. The summed E-state index contributed by atoms with van der Waals surface area (Å²) in [7, 11) is 1.49. The predicted octanol–water partition coefficient (Wildman–Crippen LogP) is 2.41. The number of rotatable bonds is 3. The Bertz CT molecular complexity index is 672. The van der Waals surface area contributed by atoms with Gasteiger partial charge in [0.05, 0.1) is 12.6 Å². The predicted molar refractivity (Wildman–Crippen MR) is 75.4 cm³/mol. The maximum Gasteiger partial charge on any atom is 0.158 e. The molecule has 1 unspecified atom stereocenters. The highest BCUT2D eigenvalue weighted by Crippen LogP contribution is 2.22. The molecule has 18 heavy (non-hydrogen) atoms. The molecule has 0 spiro atoms. The Morgan fingerprint density at radius 3 is 3.11 bits per heavy atom. The summed E-state index contributed by atoms with van der Waals surface area (Å²) in [6.45, 7) is 0. The second-order valence-corrected chi connectivity index (χ2v) is 5.18. The lowest BCUT2D eigenvalue weighted by atomic mass is 10.3. The van der Waals surface area contributed by atoms with Gasteiger partial charge in [0.15, 0.2) is 5.82 Å². The highest BCUT2D eigenvalue weighted by atomic mass is 32.2. The smallest absolute Gasteiger partial charge is 0.158 e. The normalized spacial score (nSPS) is 18.5. The maximum atomic E-state index is 5.23. The molecular formula is C12H12N4OS. The molecular weight excluding hydrogens is 248 g/mol. The van der Waals surface area contributed by atoms with E-state index in [-0.39, 0.29) is 10.8 Å². The minimum absolute atomic E-state index is 0.212. The summed E-state index contributed by atoms with van der Waals surface area (Å²) in [5.74, 6) is 0.772. The van der Waals surface area contributed by atoms with E-state index >= 15 is 0 Å². The Morgan fingerprint density at radius 1 is 1.39 bits per heavy atom. The third kappa shape index (κ3) is 2.07. The van der Waals surface area contributed by atoms with Crippen LogP contribution in [0.1, 0.15) is 0 Å².